The number of hydrogen-bond donors (Lipinski definition) is 0. The summed E-state index contributed by atoms with van der Waals surface area (Å²) in [6.45, 7) is 8.07. The highest BCUT2D eigenvalue weighted by atomic mass is 14.6. The maximum atomic E-state index is 2.70. The largest absolute Gasteiger partial charge is 0.0619 e. The summed E-state index contributed by atoms with van der Waals surface area (Å²) in [5.74, 6) is 11.9. The molecule has 11 atom stereocenters. The van der Waals surface area contributed by atoms with Crippen molar-refractivity contribution in [2.24, 2.45) is 65.1 Å². The van der Waals surface area contributed by atoms with Gasteiger partial charge in [-0.15, -0.1) is 0 Å². The molecule has 0 amide bonds. The fourth-order valence-electron chi connectivity index (χ4n) is 9.72. The second kappa shape index (κ2) is 6.02. The minimum absolute atomic E-state index is 1.02. The summed E-state index contributed by atoms with van der Waals surface area (Å²) in [5, 5.41) is 0. The predicted octanol–water partition coefficient (Wildman–Crippen LogP) is 6.79. The zero-order valence-corrected chi connectivity index (χ0v) is 16.4. The molecule has 0 spiro atoms. The normalized spacial score (nSPS) is 59.9. The predicted molar refractivity (Wildman–Crippen MR) is 102 cm³/mol. The molecule has 0 radical (unpaired) electrons. The van der Waals surface area contributed by atoms with Crippen LogP contribution in [0.25, 0.3) is 0 Å². The Bertz CT molecular complexity index is 425. The molecular formula is C24H40. The Morgan fingerprint density at radius 2 is 0.875 bits per heavy atom. The minimum Gasteiger partial charge on any atom is -0.0619 e. The summed E-state index contributed by atoms with van der Waals surface area (Å²) in [6, 6.07) is 0. The third-order valence-corrected chi connectivity index (χ3v) is 10.4. The summed E-state index contributed by atoms with van der Waals surface area (Å²) >= 11 is 0. The molecule has 0 N–H and O–H groups in total. The van der Waals surface area contributed by atoms with Gasteiger partial charge in [-0.1, -0.05) is 59.3 Å². The number of rotatable bonds is 0. The van der Waals surface area contributed by atoms with Crippen LogP contribution in [0.2, 0.25) is 0 Å². The molecule has 0 aliphatic heterocycles. The molecular weight excluding hydrogens is 288 g/mol. The van der Waals surface area contributed by atoms with E-state index >= 15 is 0 Å². The smallest absolute Gasteiger partial charge is 0.0326 e. The lowest BCUT2D eigenvalue weighted by Crippen LogP contribution is -2.42. The van der Waals surface area contributed by atoms with Crippen molar-refractivity contribution in [3.05, 3.63) is 0 Å². The van der Waals surface area contributed by atoms with Gasteiger partial charge in [-0.05, 0) is 90.8 Å². The molecule has 5 rings (SSSR count). The van der Waals surface area contributed by atoms with E-state index in [2.05, 4.69) is 20.8 Å². The van der Waals surface area contributed by atoms with E-state index in [4.69, 9.17) is 0 Å². The first-order valence-corrected chi connectivity index (χ1v) is 11.7. The van der Waals surface area contributed by atoms with E-state index in [0.717, 1.165) is 65.1 Å². The van der Waals surface area contributed by atoms with Crippen molar-refractivity contribution in [2.45, 2.75) is 85.0 Å². The van der Waals surface area contributed by atoms with Crippen molar-refractivity contribution in [3.8, 4) is 0 Å². The maximum Gasteiger partial charge on any atom is -0.0326 e. The molecule has 0 heterocycles. The van der Waals surface area contributed by atoms with Crippen LogP contribution in [0.3, 0.4) is 0 Å². The first-order chi connectivity index (χ1) is 11.7. The van der Waals surface area contributed by atoms with E-state index in [-0.39, 0.29) is 0 Å². The van der Waals surface area contributed by atoms with Gasteiger partial charge in [-0.25, -0.2) is 0 Å². The van der Waals surface area contributed by atoms with Crippen molar-refractivity contribution in [1.82, 2.24) is 0 Å². The van der Waals surface area contributed by atoms with Crippen molar-refractivity contribution >= 4 is 0 Å². The molecule has 5 fully saturated rings. The van der Waals surface area contributed by atoms with Gasteiger partial charge in [0.25, 0.3) is 0 Å². The van der Waals surface area contributed by atoms with Gasteiger partial charge in [-0.2, -0.15) is 0 Å². The Morgan fingerprint density at radius 1 is 0.458 bits per heavy atom. The molecule has 0 aromatic carbocycles. The van der Waals surface area contributed by atoms with E-state index in [1.807, 2.05) is 0 Å². The molecule has 5 aliphatic rings. The number of hydrogen-bond acceptors (Lipinski definition) is 0. The van der Waals surface area contributed by atoms with Crippen LogP contribution in [0.4, 0.5) is 0 Å². The van der Waals surface area contributed by atoms with Crippen LogP contribution in [0.1, 0.15) is 85.0 Å². The highest BCUT2D eigenvalue weighted by Gasteiger charge is 2.59. The van der Waals surface area contributed by atoms with Crippen LogP contribution in [0.15, 0.2) is 0 Å². The van der Waals surface area contributed by atoms with Crippen LogP contribution >= 0.6 is 0 Å². The highest BCUT2D eigenvalue weighted by molar-refractivity contribution is 5.07. The standard InChI is InChI=1S/C24H40/c1-14-19-10-6-4-8-17(19)12-21-22-13-18-9-5-7-11-20(18)15(2)24(22)16(3)23(14)21/h14-24H,4-13H2,1-3H3/t14-,15?,16?,17-,18+,19+,20-,21?,22?,23?,24?/m0/s1. The van der Waals surface area contributed by atoms with Crippen molar-refractivity contribution < 1.29 is 0 Å². The third kappa shape index (κ3) is 2.23. The Balaban J connectivity index is 1.45. The SMILES string of the molecule is CC1C2C(C[C@H]3CCCC[C@H]3C2C)C2C[C@@H]3CCCC[C@@H]3[C@H](C)C12. The van der Waals surface area contributed by atoms with Gasteiger partial charge in [0.15, 0.2) is 0 Å². The first-order valence-electron chi connectivity index (χ1n) is 11.7. The topological polar surface area (TPSA) is 0 Å². The second-order valence-corrected chi connectivity index (χ2v) is 10.9. The lowest BCUT2D eigenvalue weighted by molar-refractivity contribution is -0.00725. The van der Waals surface area contributed by atoms with Gasteiger partial charge < -0.3 is 0 Å². The Kier molecular flexibility index (Phi) is 4.06. The molecule has 136 valence electrons. The fourth-order valence-corrected chi connectivity index (χ4v) is 9.72. The first kappa shape index (κ1) is 16.2. The van der Waals surface area contributed by atoms with E-state index in [1.165, 1.54) is 25.7 Å². The van der Waals surface area contributed by atoms with Crippen molar-refractivity contribution in [3.63, 3.8) is 0 Å². The average molecular weight is 329 g/mol. The molecule has 0 nitrogen and oxygen atoms in total. The Hall–Kier alpha value is 0. The van der Waals surface area contributed by atoms with E-state index < -0.39 is 0 Å². The number of fused-ring (bicyclic) bond motifs is 5. The summed E-state index contributed by atoms with van der Waals surface area (Å²) in [7, 11) is 0. The summed E-state index contributed by atoms with van der Waals surface area (Å²) < 4.78 is 0. The third-order valence-electron chi connectivity index (χ3n) is 10.4. The van der Waals surface area contributed by atoms with Gasteiger partial charge in [0, 0.05) is 0 Å². The Labute approximate surface area is 150 Å². The molecule has 0 aromatic heterocycles. The zero-order valence-electron chi connectivity index (χ0n) is 16.4. The van der Waals surface area contributed by atoms with Gasteiger partial charge in [0.05, 0.1) is 0 Å². The van der Waals surface area contributed by atoms with Crippen LogP contribution in [0.5, 0.6) is 0 Å². The molecule has 0 bridgehead atoms. The molecule has 24 heavy (non-hydrogen) atoms. The van der Waals surface area contributed by atoms with Gasteiger partial charge >= 0.3 is 0 Å². The van der Waals surface area contributed by atoms with E-state index in [1.54, 1.807) is 38.5 Å². The zero-order chi connectivity index (χ0) is 16.4. The lowest BCUT2D eigenvalue weighted by Gasteiger charge is -2.50. The minimum atomic E-state index is 1.02. The van der Waals surface area contributed by atoms with E-state index in [0.29, 0.717) is 0 Å². The monoisotopic (exact) mass is 328 g/mol. The van der Waals surface area contributed by atoms with Gasteiger partial charge in [0.2, 0.25) is 0 Å². The Morgan fingerprint density at radius 3 is 1.33 bits per heavy atom. The summed E-state index contributed by atoms with van der Waals surface area (Å²) in [6.07, 6.45) is 15.7. The van der Waals surface area contributed by atoms with Crippen molar-refractivity contribution in [1.29, 1.82) is 0 Å². The molecule has 5 saturated carbocycles. The quantitative estimate of drug-likeness (QED) is 0.459. The van der Waals surface area contributed by atoms with Crippen LogP contribution < -0.4 is 0 Å². The molecule has 0 heteroatoms. The fraction of sp³-hybridized carbons (Fsp3) is 1.00. The molecule has 6 unspecified atom stereocenters. The van der Waals surface area contributed by atoms with Crippen molar-refractivity contribution in [2.75, 3.05) is 0 Å². The van der Waals surface area contributed by atoms with Gasteiger partial charge in [-0.3, -0.25) is 0 Å². The van der Waals surface area contributed by atoms with Crippen LogP contribution in [-0.4, -0.2) is 0 Å². The molecule has 0 aromatic rings. The maximum absolute atomic E-state index is 2.70. The van der Waals surface area contributed by atoms with Gasteiger partial charge in [0.1, 0.15) is 0 Å². The average Bonchev–Trinajstić information content (AvgIpc) is 2.88. The molecule has 5 aliphatic carbocycles. The van der Waals surface area contributed by atoms with Crippen LogP contribution in [0, 0.1) is 65.1 Å². The van der Waals surface area contributed by atoms with Crippen LogP contribution in [-0.2, 0) is 0 Å². The summed E-state index contributed by atoms with van der Waals surface area (Å²) in [4.78, 5) is 0. The molecule has 0 saturated heterocycles. The van der Waals surface area contributed by atoms with E-state index in [9.17, 15) is 0 Å². The summed E-state index contributed by atoms with van der Waals surface area (Å²) in [5.41, 5.74) is 0. The lowest BCUT2D eigenvalue weighted by atomic mass is 9.55. The second-order valence-electron chi connectivity index (χ2n) is 10.9. The highest BCUT2D eigenvalue weighted by Crippen LogP contribution is 2.66.